The molecule has 0 saturated heterocycles. The van der Waals surface area contributed by atoms with Gasteiger partial charge in [0.15, 0.2) is 0 Å². The molecule has 0 N–H and O–H groups in total. The smallest absolute Gasteiger partial charge is 0.0351 e. The predicted octanol–water partition coefficient (Wildman–Crippen LogP) is 6.08. The van der Waals surface area contributed by atoms with Crippen LogP contribution in [0.5, 0.6) is 0 Å². The third-order valence-electron chi connectivity index (χ3n) is 3.01. The first-order valence-electron chi connectivity index (χ1n) is 7.36. The molecular weight excluding hydrogens is 192 g/mol. The van der Waals surface area contributed by atoms with Crippen LogP contribution in [0.4, 0.5) is 0 Å². The van der Waals surface area contributed by atoms with E-state index in [0.717, 1.165) is 6.42 Å². The first-order valence-corrected chi connectivity index (χ1v) is 7.36. The lowest BCUT2D eigenvalue weighted by Crippen LogP contribution is -1.80. The Morgan fingerprint density at radius 3 is 1.75 bits per heavy atom. The van der Waals surface area contributed by atoms with Gasteiger partial charge in [-0.3, -0.25) is 0 Å². The van der Waals surface area contributed by atoms with Gasteiger partial charge in [-0.1, -0.05) is 83.8 Å². The largest absolute Gasteiger partial charge is 0.0885 e. The van der Waals surface area contributed by atoms with Gasteiger partial charge in [-0.05, 0) is 19.3 Å². The SMILES string of the molecule is [CH2]CCCCCCCCC/C=C\CCCC. The van der Waals surface area contributed by atoms with E-state index >= 15 is 0 Å². The molecule has 0 aliphatic heterocycles. The summed E-state index contributed by atoms with van der Waals surface area (Å²) in [6, 6.07) is 0. The average Bonchev–Trinajstić information content (AvgIpc) is 2.31. The Bertz CT molecular complexity index is 135. The van der Waals surface area contributed by atoms with E-state index in [-0.39, 0.29) is 0 Å². The standard InChI is InChI=1S/C16H31/c1-3-5-7-9-11-13-15-16-14-12-10-8-6-4-2/h10,12H,1,3-9,11,13-16H2,2H3/b12-10-. The van der Waals surface area contributed by atoms with Crippen molar-refractivity contribution in [3.8, 4) is 0 Å². The van der Waals surface area contributed by atoms with Crippen molar-refractivity contribution in [3.05, 3.63) is 19.1 Å². The normalized spacial score (nSPS) is 11.4. The maximum absolute atomic E-state index is 3.87. The minimum absolute atomic E-state index is 1.11. The highest BCUT2D eigenvalue weighted by molar-refractivity contribution is 4.81. The van der Waals surface area contributed by atoms with Gasteiger partial charge in [-0.25, -0.2) is 0 Å². The van der Waals surface area contributed by atoms with Gasteiger partial charge in [0.25, 0.3) is 0 Å². The minimum Gasteiger partial charge on any atom is -0.0885 e. The molecule has 16 heavy (non-hydrogen) atoms. The zero-order valence-electron chi connectivity index (χ0n) is 11.3. The van der Waals surface area contributed by atoms with Crippen molar-refractivity contribution in [1.82, 2.24) is 0 Å². The Kier molecular flexibility index (Phi) is 14.5. The van der Waals surface area contributed by atoms with E-state index in [1.807, 2.05) is 0 Å². The predicted molar refractivity (Wildman–Crippen MR) is 75.6 cm³/mol. The summed E-state index contributed by atoms with van der Waals surface area (Å²) in [4.78, 5) is 0. The van der Waals surface area contributed by atoms with Crippen molar-refractivity contribution in [2.45, 2.75) is 84.0 Å². The molecule has 0 rings (SSSR count). The fraction of sp³-hybridized carbons (Fsp3) is 0.812. The highest BCUT2D eigenvalue weighted by atomic mass is 14.0. The molecule has 0 unspecified atom stereocenters. The molecule has 0 aromatic heterocycles. The Balaban J connectivity index is 2.95. The van der Waals surface area contributed by atoms with Gasteiger partial charge in [0.1, 0.15) is 0 Å². The molecule has 0 fully saturated rings. The molecule has 0 amide bonds. The maximum atomic E-state index is 3.87. The Morgan fingerprint density at radius 1 is 0.688 bits per heavy atom. The molecule has 95 valence electrons. The van der Waals surface area contributed by atoms with E-state index in [2.05, 4.69) is 26.0 Å². The summed E-state index contributed by atoms with van der Waals surface area (Å²) in [6.45, 7) is 6.12. The van der Waals surface area contributed by atoms with E-state index in [1.54, 1.807) is 0 Å². The van der Waals surface area contributed by atoms with Gasteiger partial charge in [0, 0.05) is 0 Å². The molecular formula is C16H31. The second kappa shape index (κ2) is 14.7. The summed E-state index contributed by atoms with van der Waals surface area (Å²) in [5, 5.41) is 0. The van der Waals surface area contributed by atoms with E-state index in [1.165, 1.54) is 70.6 Å². The molecule has 0 spiro atoms. The van der Waals surface area contributed by atoms with Crippen molar-refractivity contribution in [2.24, 2.45) is 0 Å². The Hall–Kier alpha value is -0.260. The van der Waals surface area contributed by atoms with Crippen molar-refractivity contribution < 1.29 is 0 Å². The van der Waals surface area contributed by atoms with Gasteiger partial charge in [0.2, 0.25) is 0 Å². The second-order valence-corrected chi connectivity index (χ2v) is 4.73. The Morgan fingerprint density at radius 2 is 1.19 bits per heavy atom. The molecule has 1 radical (unpaired) electrons. The third-order valence-corrected chi connectivity index (χ3v) is 3.01. The lowest BCUT2D eigenvalue weighted by molar-refractivity contribution is 0.583. The number of rotatable bonds is 12. The van der Waals surface area contributed by atoms with Crippen LogP contribution in [0.25, 0.3) is 0 Å². The van der Waals surface area contributed by atoms with Crippen molar-refractivity contribution in [3.63, 3.8) is 0 Å². The van der Waals surface area contributed by atoms with Gasteiger partial charge < -0.3 is 0 Å². The van der Waals surface area contributed by atoms with Crippen LogP contribution in [-0.4, -0.2) is 0 Å². The zero-order chi connectivity index (χ0) is 11.9. The summed E-state index contributed by atoms with van der Waals surface area (Å²) in [5.41, 5.74) is 0. The zero-order valence-corrected chi connectivity index (χ0v) is 11.3. The summed E-state index contributed by atoms with van der Waals surface area (Å²) >= 11 is 0. The molecule has 0 atom stereocenters. The minimum atomic E-state index is 1.11. The molecule has 0 saturated carbocycles. The quantitative estimate of drug-likeness (QED) is 0.278. The van der Waals surface area contributed by atoms with Crippen molar-refractivity contribution in [2.75, 3.05) is 0 Å². The highest BCUT2D eigenvalue weighted by Crippen LogP contribution is 2.09. The van der Waals surface area contributed by atoms with Gasteiger partial charge in [-0.2, -0.15) is 0 Å². The van der Waals surface area contributed by atoms with E-state index in [0.29, 0.717) is 0 Å². The van der Waals surface area contributed by atoms with Gasteiger partial charge >= 0.3 is 0 Å². The highest BCUT2D eigenvalue weighted by Gasteiger charge is 1.90. The first-order chi connectivity index (χ1) is 7.91. The van der Waals surface area contributed by atoms with Crippen LogP contribution in [0.3, 0.4) is 0 Å². The van der Waals surface area contributed by atoms with Crippen LogP contribution in [0.15, 0.2) is 12.2 Å². The van der Waals surface area contributed by atoms with Crippen LogP contribution >= 0.6 is 0 Å². The van der Waals surface area contributed by atoms with E-state index in [9.17, 15) is 0 Å². The lowest BCUT2D eigenvalue weighted by Gasteiger charge is -1.99. The number of hydrogen-bond donors (Lipinski definition) is 0. The molecule has 0 aromatic carbocycles. The Labute approximate surface area is 104 Å². The van der Waals surface area contributed by atoms with Crippen LogP contribution in [0, 0.1) is 6.92 Å². The summed E-state index contributed by atoms with van der Waals surface area (Å²) in [7, 11) is 0. The number of hydrogen-bond acceptors (Lipinski definition) is 0. The summed E-state index contributed by atoms with van der Waals surface area (Å²) in [6.07, 6.45) is 20.9. The number of unbranched alkanes of at least 4 members (excludes halogenated alkanes) is 10. The molecule has 0 heterocycles. The topological polar surface area (TPSA) is 0 Å². The van der Waals surface area contributed by atoms with Crippen LogP contribution < -0.4 is 0 Å². The molecule has 0 aliphatic carbocycles. The van der Waals surface area contributed by atoms with E-state index < -0.39 is 0 Å². The fourth-order valence-corrected chi connectivity index (χ4v) is 1.88. The first kappa shape index (κ1) is 15.7. The molecule has 0 aromatic rings. The van der Waals surface area contributed by atoms with Crippen molar-refractivity contribution in [1.29, 1.82) is 0 Å². The maximum Gasteiger partial charge on any atom is -0.0351 e. The number of allylic oxidation sites excluding steroid dienone is 2. The summed E-state index contributed by atoms with van der Waals surface area (Å²) < 4.78 is 0. The molecule has 0 heteroatoms. The van der Waals surface area contributed by atoms with Gasteiger partial charge in [-0.15, -0.1) is 0 Å². The summed E-state index contributed by atoms with van der Waals surface area (Å²) in [5.74, 6) is 0. The monoisotopic (exact) mass is 223 g/mol. The van der Waals surface area contributed by atoms with E-state index in [4.69, 9.17) is 0 Å². The van der Waals surface area contributed by atoms with Crippen LogP contribution in [0.1, 0.15) is 84.0 Å². The molecule has 0 aliphatic rings. The average molecular weight is 223 g/mol. The second-order valence-electron chi connectivity index (χ2n) is 4.73. The molecule has 0 bridgehead atoms. The van der Waals surface area contributed by atoms with Crippen LogP contribution in [-0.2, 0) is 0 Å². The third kappa shape index (κ3) is 13.7. The fourth-order valence-electron chi connectivity index (χ4n) is 1.88. The molecule has 0 nitrogen and oxygen atoms in total. The van der Waals surface area contributed by atoms with Gasteiger partial charge in [0.05, 0.1) is 0 Å². The lowest BCUT2D eigenvalue weighted by atomic mass is 10.1. The van der Waals surface area contributed by atoms with Crippen molar-refractivity contribution >= 4 is 0 Å². The van der Waals surface area contributed by atoms with Crippen LogP contribution in [0.2, 0.25) is 0 Å².